The molecule has 16 rings (SSSR count). The van der Waals surface area contributed by atoms with Gasteiger partial charge in [0.1, 0.15) is 22.5 Å². The first-order chi connectivity index (χ1) is 36.4. The van der Waals surface area contributed by atoms with Crippen molar-refractivity contribution in [3.8, 4) is 39.9 Å². The minimum absolute atomic E-state index is 0.00172. The zero-order valence-corrected chi connectivity index (χ0v) is 40.6. The topological polar surface area (TPSA) is 73.1 Å². The van der Waals surface area contributed by atoms with Gasteiger partial charge in [-0.1, -0.05) is 140 Å². The Hall–Kier alpha value is -9.33. The van der Waals surface area contributed by atoms with E-state index in [4.69, 9.17) is 23.8 Å². The van der Waals surface area contributed by atoms with Crippen LogP contribution in [0.3, 0.4) is 0 Å². The fourth-order valence-corrected chi connectivity index (χ4v) is 12.8. The van der Waals surface area contributed by atoms with Crippen molar-refractivity contribution in [3.05, 3.63) is 235 Å². The summed E-state index contributed by atoms with van der Waals surface area (Å²) in [7, 11) is 0. The number of para-hydroxylation sites is 3. The highest BCUT2D eigenvalue weighted by Crippen LogP contribution is 2.55. The van der Waals surface area contributed by atoms with E-state index in [2.05, 4.69) is 230 Å². The molecule has 8 aromatic carbocycles. The zero-order valence-electron chi connectivity index (χ0n) is 40.6. The van der Waals surface area contributed by atoms with E-state index in [0.717, 1.165) is 94.1 Å². The number of benzene rings is 8. The van der Waals surface area contributed by atoms with Gasteiger partial charge < -0.3 is 18.3 Å². The molecule has 4 aliphatic rings. The summed E-state index contributed by atoms with van der Waals surface area (Å²) in [5.41, 5.74) is 13.9. The fraction of sp³-hybridized carbons (Fsp3) is 0.0896. The monoisotopic (exact) mass is 951 g/mol. The highest BCUT2D eigenvalue weighted by molar-refractivity contribution is 6.11. The molecule has 0 bridgehead atoms. The van der Waals surface area contributed by atoms with E-state index >= 15 is 0 Å². The Morgan fingerprint density at radius 2 is 1.26 bits per heavy atom. The molecule has 0 saturated heterocycles. The Balaban J connectivity index is 0.972. The summed E-state index contributed by atoms with van der Waals surface area (Å²) in [6.45, 7) is 4.65. The fourth-order valence-electron chi connectivity index (χ4n) is 12.8. The van der Waals surface area contributed by atoms with E-state index in [1.54, 1.807) is 0 Å². The van der Waals surface area contributed by atoms with Gasteiger partial charge in [0.05, 0.1) is 17.1 Å². The number of anilines is 2. The second-order valence-corrected chi connectivity index (χ2v) is 20.5. The van der Waals surface area contributed by atoms with Crippen LogP contribution in [0.15, 0.2) is 227 Å². The van der Waals surface area contributed by atoms with Crippen LogP contribution in [0.1, 0.15) is 36.7 Å². The maximum absolute atomic E-state index is 7.22. The van der Waals surface area contributed by atoms with Gasteiger partial charge in [0.2, 0.25) is 0 Å². The largest absolute Gasteiger partial charge is 0.460 e. The molecular formula is C67H45N5O2. The Bertz CT molecular complexity index is 4560. The van der Waals surface area contributed by atoms with Gasteiger partial charge in [-0.05, 0) is 108 Å². The number of aromatic nitrogens is 4. The van der Waals surface area contributed by atoms with Gasteiger partial charge in [-0.3, -0.25) is 0 Å². The quantitative estimate of drug-likeness (QED) is 0.171. The van der Waals surface area contributed by atoms with E-state index in [1.165, 1.54) is 27.6 Å². The van der Waals surface area contributed by atoms with Gasteiger partial charge in [-0.15, -0.1) is 0 Å². The summed E-state index contributed by atoms with van der Waals surface area (Å²) in [6.07, 6.45) is 20.2. The standard InChI is InChI=1S/C67H45N5O2/c1-39-47-21-9-8-18-42(47)32-52-62-53(37-46(38-60(62)74-63(39)52)72-57-35-41-17-7-6-16-40(41)34-54(57)67(2)31-15-14-26-61(67)72)66-69-64(68-65(70-66)44-27-29-50-49-23-11-13-25-58(49)73-59(50)36-44)43-28-30-56-51(33-43)48-22-10-12-24-55(48)71(56)45-19-4-3-5-20-45/h3-39,47,61H,1-2H3/t39-,47?,61?,67?/m1/s1. The van der Waals surface area contributed by atoms with Gasteiger partial charge >= 0.3 is 0 Å². The maximum Gasteiger partial charge on any atom is 0.164 e. The van der Waals surface area contributed by atoms with E-state index in [1.807, 2.05) is 12.1 Å². The van der Waals surface area contributed by atoms with Crippen molar-refractivity contribution in [2.24, 2.45) is 5.92 Å². The molecule has 0 radical (unpaired) electrons. The normalized spacial score (nSPS) is 19.5. The smallest absolute Gasteiger partial charge is 0.164 e. The summed E-state index contributed by atoms with van der Waals surface area (Å²) in [4.78, 5) is 19.0. The van der Waals surface area contributed by atoms with Gasteiger partial charge in [0, 0.05) is 89.6 Å². The first-order valence-corrected chi connectivity index (χ1v) is 25.6. The maximum atomic E-state index is 7.22. The van der Waals surface area contributed by atoms with Crippen LogP contribution in [0.4, 0.5) is 11.4 Å². The first-order valence-electron chi connectivity index (χ1n) is 25.6. The highest BCUT2D eigenvalue weighted by atomic mass is 16.3. The van der Waals surface area contributed by atoms with Crippen LogP contribution in [0.2, 0.25) is 0 Å². The predicted molar refractivity (Wildman–Crippen MR) is 301 cm³/mol. The van der Waals surface area contributed by atoms with Gasteiger partial charge in [0.25, 0.3) is 0 Å². The molecular weight excluding hydrogens is 907 g/mol. The second-order valence-electron chi connectivity index (χ2n) is 20.5. The molecule has 12 aromatic rings. The molecule has 7 heteroatoms. The van der Waals surface area contributed by atoms with E-state index in [-0.39, 0.29) is 23.3 Å². The van der Waals surface area contributed by atoms with Crippen molar-refractivity contribution < 1.29 is 8.83 Å². The van der Waals surface area contributed by atoms with E-state index < -0.39 is 0 Å². The lowest BCUT2D eigenvalue weighted by Crippen LogP contribution is -2.39. The van der Waals surface area contributed by atoms with Crippen molar-refractivity contribution in [2.45, 2.75) is 31.2 Å². The molecule has 0 amide bonds. The number of hydrogen-bond donors (Lipinski definition) is 0. The molecule has 7 nitrogen and oxygen atoms in total. The average molecular weight is 952 g/mol. The van der Waals surface area contributed by atoms with Gasteiger partial charge in [-0.25, -0.2) is 15.0 Å². The molecule has 3 unspecified atom stereocenters. The van der Waals surface area contributed by atoms with Crippen molar-refractivity contribution in [2.75, 3.05) is 4.90 Å². The number of furan rings is 2. The van der Waals surface area contributed by atoms with Crippen LogP contribution in [0.5, 0.6) is 0 Å². The number of allylic oxidation sites excluding steroid dienone is 7. The SMILES string of the molecule is C[C@H]1c2oc3cc(N4c5cc6ccccc6cc5C5(C)C=CC=CC45)cc(-c4nc(-c5ccc6c(c5)oc5ccccc56)nc(-c5ccc6c(c5)c5ccccc5n6-c5ccccc5)n4)c3c2C=C2C=CC=CC21. The third kappa shape index (κ3) is 5.92. The van der Waals surface area contributed by atoms with Crippen molar-refractivity contribution in [1.82, 2.24) is 19.5 Å². The molecule has 4 aromatic heterocycles. The molecule has 350 valence electrons. The molecule has 74 heavy (non-hydrogen) atoms. The Morgan fingerprint density at radius 3 is 2.14 bits per heavy atom. The summed E-state index contributed by atoms with van der Waals surface area (Å²) in [6, 6.07) is 58.3. The molecule has 0 spiro atoms. The van der Waals surface area contributed by atoms with E-state index in [0.29, 0.717) is 17.5 Å². The van der Waals surface area contributed by atoms with Crippen LogP contribution in [0.25, 0.3) is 111 Å². The molecule has 4 atom stereocenters. The molecule has 5 heterocycles. The van der Waals surface area contributed by atoms with Crippen LogP contribution >= 0.6 is 0 Å². The van der Waals surface area contributed by atoms with Crippen molar-refractivity contribution >= 4 is 82.9 Å². The third-order valence-corrected chi connectivity index (χ3v) is 16.4. The van der Waals surface area contributed by atoms with Crippen LogP contribution in [-0.2, 0) is 5.41 Å². The highest BCUT2D eigenvalue weighted by Gasteiger charge is 2.47. The number of fused-ring (bicyclic) bond motifs is 14. The lowest BCUT2D eigenvalue weighted by Gasteiger charge is -2.34. The number of hydrogen-bond acceptors (Lipinski definition) is 6. The number of rotatable bonds is 5. The summed E-state index contributed by atoms with van der Waals surface area (Å²) in [5.74, 6) is 2.96. The first kappa shape index (κ1) is 41.3. The Labute approximate surface area is 426 Å². The van der Waals surface area contributed by atoms with Crippen LogP contribution in [0, 0.1) is 5.92 Å². The van der Waals surface area contributed by atoms with Crippen molar-refractivity contribution in [3.63, 3.8) is 0 Å². The lowest BCUT2D eigenvalue weighted by molar-refractivity contribution is 0.463. The lowest BCUT2D eigenvalue weighted by atomic mass is 9.75. The zero-order chi connectivity index (χ0) is 48.8. The second kappa shape index (κ2) is 15.3. The van der Waals surface area contributed by atoms with Crippen molar-refractivity contribution in [1.29, 1.82) is 0 Å². The molecule has 0 saturated carbocycles. The summed E-state index contributed by atoms with van der Waals surface area (Å²) >= 11 is 0. The van der Waals surface area contributed by atoms with Crippen LogP contribution < -0.4 is 4.90 Å². The third-order valence-electron chi connectivity index (χ3n) is 16.4. The van der Waals surface area contributed by atoms with Gasteiger partial charge in [-0.2, -0.15) is 0 Å². The summed E-state index contributed by atoms with van der Waals surface area (Å²) in [5, 5.41) is 7.80. The molecule has 0 N–H and O–H groups in total. The van der Waals surface area contributed by atoms with E-state index in [9.17, 15) is 0 Å². The summed E-state index contributed by atoms with van der Waals surface area (Å²) < 4.78 is 16.1. The van der Waals surface area contributed by atoms with Crippen LogP contribution in [-0.4, -0.2) is 25.6 Å². The Kier molecular flexibility index (Phi) is 8.56. The average Bonchev–Trinajstić information content (AvgIpc) is 4.21. The predicted octanol–water partition coefficient (Wildman–Crippen LogP) is 16.9. The minimum Gasteiger partial charge on any atom is -0.460 e. The molecule has 1 aliphatic heterocycles. The van der Waals surface area contributed by atoms with Gasteiger partial charge in [0.15, 0.2) is 17.5 Å². The molecule has 3 aliphatic carbocycles. The Morgan fingerprint density at radius 1 is 0.541 bits per heavy atom. The number of nitrogens with zero attached hydrogens (tertiary/aromatic N) is 5. The molecule has 0 fully saturated rings. The minimum atomic E-state index is -0.288.